The van der Waals surface area contributed by atoms with E-state index in [1.165, 1.54) is 0 Å². The second-order valence-electron chi connectivity index (χ2n) is 4.30. The normalized spacial score (nSPS) is 11.2. The molecule has 0 atom stereocenters. The van der Waals surface area contributed by atoms with E-state index in [0.29, 0.717) is 12.1 Å². The first kappa shape index (κ1) is 13.9. The Morgan fingerprint density at radius 2 is 1.40 bits per heavy atom. The lowest BCUT2D eigenvalue weighted by Crippen LogP contribution is -2.05. The fourth-order valence-corrected chi connectivity index (χ4v) is 1.92. The van der Waals surface area contributed by atoms with E-state index in [4.69, 9.17) is 9.47 Å². The number of nitrogens with zero attached hydrogens (tertiary/aromatic N) is 1. The van der Waals surface area contributed by atoms with Crippen molar-refractivity contribution in [2.75, 3.05) is 14.2 Å². The van der Waals surface area contributed by atoms with Crippen LogP contribution >= 0.6 is 0 Å². The predicted octanol–water partition coefficient (Wildman–Crippen LogP) is 3.12. The fraction of sp³-hybridized carbons (Fsp3) is 0.188. The Morgan fingerprint density at radius 3 is 1.85 bits per heavy atom. The smallest absolute Gasteiger partial charge is 0.118 e. The molecular formula is C16H17NO3. The van der Waals surface area contributed by atoms with Crippen LogP contribution in [-0.4, -0.2) is 25.1 Å². The van der Waals surface area contributed by atoms with Gasteiger partial charge in [-0.3, -0.25) is 0 Å². The van der Waals surface area contributed by atoms with Crippen molar-refractivity contribution < 1.29 is 14.7 Å². The molecule has 0 radical (unpaired) electrons. The molecule has 0 bridgehead atoms. The summed E-state index contributed by atoms with van der Waals surface area (Å²) in [6, 6.07) is 15.1. The van der Waals surface area contributed by atoms with Crippen LogP contribution in [0.2, 0.25) is 0 Å². The number of hydrogen-bond acceptors (Lipinski definition) is 4. The number of benzene rings is 2. The van der Waals surface area contributed by atoms with E-state index in [2.05, 4.69) is 5.16 Å². The molecule has 2 aromatic rings. The van der Waals surface area contributed by atoms with Crippen molar-refractivity contribution in [3.8, 4) is 11.5 Å². The van der Waals surface area contributed by atoms with Crippen molar-refractivity contribution >= 4 is 5.71 Å². The van der Waals surface area contributed by atoms with Crippen molar-refractivity contribution in [2.45, 2.75) is 6.42 Å². The van der Waals surface area contributed by atoms with Crippen LogP contribution in [0.25, 0.3) is 0 Å². The van der Waals surface area contributed by atoms with Crippen LogP contribution in [0, 0.1) is 0 Å². The molecule has 0 aliphatic rings. The minimum atomic E-state index is 0.548. The molecule has 0 amide bonds. The largest absolute Gasteiger partial charge is 0.497 e. The molecule has 0 heterocycles. The van der Waals surface area contributed by atoms with E-state index in [1.54, 1.807) is 14.2 Å². The van der Waals surface area contributed by atoms with Crippen molar-refractivity contribution in [1.29, 1.82) is 0 Å². The van der Waals surface area contributed by atoms with Crippen molar-refractivity contribution in [3.63, 3.8) is 0 Å². The highest BCUT2D eigenvalue weighted by Gasteiger charge is 2.06. The van der Waals surface area contributed by atoms with E-state index in [1.807, 2.05) is 48.5 Å². The maximum absolute atomic E-state index is 9.20. The van der Waals surface area contributed by atoms with Crippen molar-refractivity contribution in [1.82, 2.24) is 0 Å². The highest BCUT2D eigenvalue weighted by atomic mass is 16.5. The molecule has 2 aromatic carbocycles. The molecule has 1 N–H and O–H groups in total. The number of hydrogen-bond donors (Lipinski definition) is 1. The van der Waals surface area contributed by atoms with Gasteiger partial charge in [0.1, 0.15) is 11.5 Å². The van der Waals surface area contributed by atoms with Gasteiger partial charge in [-0.15, -0.1) is 0 Å². The van der Waals surface area contributed by atoms with Gasteiger partial charge in [0.25, 0.3) is 0 Å². The molecule has 0 saturated carbocycles. The SMILES string of the molecule is COc1ccc(C/C(=N/O)c2ccc(OC)cc2)cc1. The second-order valence-corrected chi connectivity index (χ2v) is 4.30. The molecule has 0 aliphatic carbocycles. The highest BCUT2D eigenvalue weighted by molar-refractivity contribution is 6.01. The first-order valence-corrected chi connectivity index (χ1v) is 6.25. The number of methoxy groups -OCH3 is 2. The van der Waals surface area contributed by atoms with Gasteiger partial charge in [-0.25, -0.2) is 0 Å². The summed E-state index contributed by atoms with van der Waals surface area (Å²) >= 11 is 0. The lowest BCUT2D eigenvalue weighted by Gasteiger charge is -2.07. The third-order valence-corrected chi connectivity index (χ3v) is 3.07. The summed E-state index contributed by atoms with van der Waals surface area (Å²) in [6.45, 7) is 0. The molecule has 0 unspecified atom stereocenters. The van der Waals surface area contributed by atoms with Gasteiger partial charge in [0, 0.05) is 6.42 Å². The topological polar surface area (TPSA) is 51.0 Å². The van der Waals surface area contributed by atoms with Crippen LogP contribution in [0.1, 0.15) is 11.1 Å². The Kier molecular flexibility index (Phi) is 4.60. The third-order valence-electron chi connectivity index (χ3n) is 3.07. The van der Waals surface area contributed by atoms with Gasteiger partial charge in [0.15, 0.2) is 0 Å². The summed E-state index contributed by atoms with van der Waals surface area (Å²) < 4.78 is 10.2. The molecule has 0 aromatic heterocycles. The first-order valence-electron chi connectivity index (χ1n) is 6.25. The molecule has 20 heavy (non-hydrogen) atoms. The van der Waals surface area contributed by atoms with Crippen LogP contribution in [0.15, 0.2) is 53.7 Å². The summed E-state index contributed by atoms with van der Waals surface area (Å²) in [5, 5.41) is 12.6. The average molecular weight is 271 g/mol. The van der Waals surface area contributed by atoms with Crippen LogP contribution < -0.4 is 9.47 Å². The summed E-state index contributed by atoms with van der Waals surface area (Å²) in [4.78, 5) is 0. The Hall–Kier alpha value is -2.49. The molecule has 0 spiro atoms. The standard InChI is InChI=1S/C16H17NO3/c1-19-14-7-3-12(4-8-14)11-16(17-18)13-5-9-15(20-2)10-6-13/h3-10,18H,11H2,1-2H3/b17-16-. The van der Waals surface area contributed by atoms with Crippen LogP contribution in [0.5, 0.6) is 11.5 Å². The quantitative estimate of drug-likeness (QED) is 0.516. The first-order chi connectivity index (χ1) is 9.76. The summed E-state index contributed by atoms with van der Waals surface area (Å²) in [5.41, 5.74) is 2.52. The van der Waals surface area contributed by atoms with E-state index < -0.39 is 0 Å². The predicted molar refractivity (Wildman–Crippen MR) is 78.0 cm³/mol. The molecule has 0 aliphatic heterocycles. The van der Waals surface area contributed by atoms with Gasteiger partial charge < -0.3 is 14.7 Å². The van der Waals surface area contributed by atoms with Gasteiger partial charge in [-0.2, -0.15) is 0 Å². The van der Waals surface area contributed by atoms with Crippen molar-refractivity contribution in [2.24, 2.45) is 5.16 Å². The maximum Gasteiger partial charge on any atom is 0.118 e. The number of rotatable bonds is 5. The van der Waals surface area contributed by atoms with E-state index in [0.717, 1.165) is 22.6 Å². The van der Waals surface area contributed by atoms with Gasteiger partial charge in [-0.05, 0) is 47.5 Å². The molecule has 0 saturated heterocycles. The lowest BCUT2D eigenvalue weighted by molar-refractivity contribution is 0.318. The Labute approximate surface area is 118 Å². The van der Waals surface area contributed by atoms with E-state index in [-0.39, 0.29) is 0 Å². The van der Waals surface area contributed by atoms with Crippen LogP contribution in [-0.2, 0) is 6.42 Å². The van der Waals surface area contributed by atoms with Crippen LogP contribution in [0.3, 0.4) is 0 Å². The molecule has 4 heteroatoms. The van der Waals surface area contributed by atoms with Crippen molar-refractivity contribution in [3.05, 3.63) is 59.7 Å². The zero-order chi connectivity index (χ0) is 14.4. The lowest BCUT2D eigenvalue weighted by atomic mass is 10.0. The second kappa shape index (κ2) is 6.61. The minimum Gasteiger partial charge on any atom is -0.497 e. The van der Waals surface area contributed by atoms with Gasteiger partial charge in [0.2, 0.25) is 0 Å². The maximum atomic E-state index is 9.20. The van der Waals surface area contributed by atoms with Gasteiger partial charge >= 0.3 is 0 Å². The van der Waals surface area contributed by atoms with Gasteiger partial charge in [0.05, 0.1) is 19.9 Å². The minimum absolute atomic E-state index is 0.548. The summed E-state index contributed by atoms with van der Waals surface area (Å²) in [6.07, 6.45) is 0.548. The van der Waals surface area contributed by atoms with E-state index in [9.17, 15) is 5.21 Å². The summed E-state index contributed by atoms with van der Waals surface area (Å²) in [5.74, 6) is 1.58. The zero-order valence-electron chi connectivity index (χ0n) is 11.5. The van der Waals surface area contributed by atoms with E-state index >= 15 is 0 Å². The van der Waals surface area contributed by atoms with Gasteiger partial charge in [-0.1, -0.05) is 17.3 Å². The Bertz CT molecular complexity index is 574. The third kappa shape index (κ3) is 3.29. The monoisotopic (exact) mass is 271 g/mol. The Morgan fingerprint density at radius 1 is 0.900 bits per heavy atom. The molecule has 0 fully saturated rings. The van der Waals surface area contributed by atoms with Crippen LogP contribution in [0.4, 0.5) is 0 Å². The molecule has 104 valence electrons. The summed E-state index contributed by atoms with van der Waals surface area (Å²) in [7, 11) is 3.25. The fourth-order valence-electron chi connectivity index (χ4n) is 1.92. The number of oxime groups is 1. The molecule has 2 rings (SSSR count). The average Bonchev–Trinajstić information content (AvgIpc) is 2.53. The number of ether oxygens (including phenoxy) is 2. The Balaban J connectivity index is 2.15. The zero-order valence-corrected chi connectivity index (χ0v) is 11.5. The highest BCUT2D eigenvalue weighted by Crippen LogP contribution is 2.16. The molecule has 4 nitrogen and oxygen atoms in total. The molecular weight excluding hydrogens is 254 g/mol.